The Labute approximate surface area is 151 Å². The lowest BCUT2D eigenvalue weighted by Gasteiger charge is -2.30. The van der Waals surface area contributed by atoms with Crippen LogP contribution >= 0.6 is 31.9 Å². The lowest BCUT2D eigenvalue weighted by molar-refractivity contribution is -0.149. The Hall–Kier alpha value is -0.510. The number of carbonyl (C=O) groups excluding carboxylic acids is 1. The van der Waals surface area contributed by atoms with Crippen LogP contribution in [0.3, 0.4) is 0 Å². The molecule has 1 heterocycles. The number of hydrogen-bond donors (Lipinski definition) is 0. The lowest BCUT2D eigenvalue weighted by atomic mass is 9.98. The molecule has 0 aliphatic carbocycles. The fourth-order valence-electron chi connectivity index (χ4n) is 2.50. The summed E-state index contributed by atoms with van der Waals surface area (Å²) in [5.74, 6) is -1.10. The molecule has 0 aromatic heterocycles. The van der Waals surface area contributed by atoms with Gasteiger partial charge in [-0.2, -0.15) is 4.31 Å². The van der Waals surface area contributed by atoms with Gasteiger partial charge in [-0.05, 0) is 63.8 Å². The van der Waals surface area contributed by atoms with Crippen LogP contribution in [0.5, 0.6) is 0 Å². The van der Waals surface area contributed by atoms with Crippen LogP contribution in [0.25, 0.3) is 0 Å². The second-order valence-electron chi connectivity index (χ2n) is 5.13. The number of sulfonamides is 1. The zero-order valence-electron chi connectivity index (χ0n) is 12.4. The first-order chi connectivity index (χ1) is 10.8. The smallest absolute Gasteiger partial charge is 0.309 e. The minimum absolute atomic E-state index is 0.00603. The van der Waals surface area contributed by atoms with Gasteiger partial charge in [0, 0.05) is 22.0 Å². The molecule has 0 spiro atoms. The summed E-state index contributed by atoms with van der Waals surface area (Å²) in [7, 11) is -3.78. The maximum Gasteiger partial charge on any atom is 0.309 e. The first-order valence-corrected chi connectivity index (χ1v) is 10.1. The van der Waals surface area contributed by atoms with Crippen LogP contribution < -0.4 is 0 Å². The van der Waals surface area contributed by atoms with E-state index in [-0.39, 0.29) is 38.8 Å². The van der Waals surface area contributed by atoms with E-state index in [2.05, 4.69) is 31.9 Å². The highest BCUT2D eigenvalue weighted by Gasteiger charge is 2.34. The van der Waals surface area contributed by atoms with Gasteiger partial charge in [-0.15, -0.1) is 0 Å². The number of piperidine rings is 1. The normalized spacial score (nSPS) is 17.2. The summed E-state index contributed by atoms with van der Waals surface area (Å²) in [5, 5.41) is 0. The van der Waals surface area contributed by atoms with Crippen LogP contribution in [0.1, 0.15) is 19.8 Å². The van der Waals surface area contributed by atoms with Crippen molar-refractivity contribution < 1.29 is 22.3 Å². The Morgan fingerprint density at radius 3 is 2.30 bits per heavy atom. The quantitative estimate of drug-likeness (QED) is 0.630. The van der Waals surface area contributed by atoms with Gasteiger partial charge in [0.2, 0.25) is 10.0 Å². The van der Waals surface area contributed by atoms with Gasteiger partial charge in [-0.25, -0.2) is 12.8 Å². The van der Waals surface area contributed by atoms with E-state index in [0.29, 0.717) is 19.4 Å². The highest BCUT2D eigenvalue weighted by molar-refractivity contribution is 9.11. The van der Waals surface area contributed by atoms with E-state index >= 15 is 0 Å². The Morgan fingerprint density at radius 2 is 1.83 bits per heavy atom. The molecular formula is C14H16Br2FNO4S. The molecule has 0 unspecified atom stereocenters. The fourth-order valence-corrected chi connectivity index (χ4v) is 6.41. The van der Waals surface area contributed by atoms with Gasteiger partial charge >= 0.3 is 5.97 Å². The van der Waals surface area contributed by atoms with Crippen LogP contribution in [-0.4, -0.2) is 38.4 Å². The molecule has 1 saturated heterocycles. The molecule has 1 fully saturated rings. The number of esters is 1. The first-order valence-electron chi connectivity index (χ1n) is 7.08. The van der Waals surface area contributed by atoms with Gasteiger partial charge in [0.25, 0.3) is 0 Å². The van der Waals surface area contributed by atoms with Crippen LogP contribution in [-0.2, 0) is 19.6 Å². The average molecular weight is 473 g/mol. The molecule has 1 aliphatic rings. The van der Waals surface area contributed by atoms with Gasteiger partial charge < -0.3 is 4.74 Å². The van der Waals surface area contributed by atoms with Crippen molar-refractivity contribution >= 4 is 47.9 Å². The Balaban J connectivity index is 2.19. The van der Waals surface area contributed by atoms with E-state index in [1.54, 1.807) is 6.92 Å². The number of ether oxygens (including phenoxy) is 1. The van der Waals surface area contributed by atoms with Crippen LogP contribution in [0.4, 0.5) is 4.39 Å². The molecule has 5 nitrogen and oxygen atoms in total. The second-order valence-corrected chi connectivity index (χ2v) is 8.71. The van der Waals surface area contributed by atoms with E-state index in [9.17, 15) is 17.6 Å². The molecular weight excluding hydrogens is 457 g/mol. The zero-order chi connectivity index (χ0) is 17.2. The Kier molecular flexibility index (Phi) is 6.21. The Bertz CT molecular complexity index is 680. The number of nitrogens with zero attached hydrogens (tertiary/aromatic N) is 1. The summed E-state index contributed by atoms with van der Waals surface area (Å²) in [4.78, 5) is 11.7. The minimum Gasteiger partial charge on any atom is -0.466 e. The van der Waals surface area contributed by atoms with Gasteiger partial charge in [0.15, 0.2) is 0 Å². The topological polar surface area (TPSA) is 63.7 Å². The maximum atomic E-state index is 13.3. The molecule has 0 radical (unpaired) electrons. The first kappa shape index (κ1) is 18.8. The van der Waals surface area contributed by atoms with Crippen LogP contribution in [0.15, 0.2) is 26.0 Å². The molecule has 0 N–H and O–H groups in total. The molecule has 1 aromatic rings. The fraction of sp³-hybridized carbons (Fsp3) is 0.500. The summed E-state index contributed by atoms with van der Waals surface area (Å²) in [6.07, 6.45) is 0.822. The molecule has 1 aromatic carbocycles. The third-order valence-electron chi connectivity index (χ3n) is 3.63. The molecule has 2 rings (SSSR count). The summed E-state index contributed by atoms with van der Waals surface area (Å²) in [5.41, 5.74) is 0. The average Bonchev–Trinajstić information content (AvgIpc) is 2.46. The van der Waals surface area contributed by atoms with E-state index in [4.69, 9.17) is 4.74 Å². The molecule has 0 atom stereocenters. The van der Waals surface area contributed by atoms with Gasteiger partial charge in [-0.3, -0.25) is 4.79 Å². The number of hydrogen-bond acceptors (Lipinski definition) is 4. The zero-order valence-corrected chi connectivity index (χ0v) is 16.4. The highest BCUT2D eigenvalue weighted by atomic mass is 79.9. The monoisotopic (exact) mass is 471 g/mol. The van der Waals surface area contributed by atoms with Crippen molar-refractivity contribution in [1.29, 1.82) is 0 Å². The largest absolute Gasteiger partial charge is 0.466 e. The third-order valence-corrected chi connectivity index (χ3v) is 7.41. The Morgan fingerprint density at radius 1 is 1.30 bits per heavy atom. The maximum absolute atomic E-state index is 13.3. The summed E-state index contributed by atoms with van der Waals surface area (Å²) < 4.78 is 45.5. The van der Waals surface area contributed by atoms with Crippen LogP contribution in [0, 0.1) is 11.7 Å². The summed E-state index contributed by atoms with van der Waals surface area (Å²) in [6.45, 7) is 2.50. The standard InChI is InChI=1S/C14H16Br2FNO4S/c1-2-22-14(19)9-3-5-18(6-4-9)23(20,21)13-11(15)7-10(17)8-12(13)16/h7-9H,2-6H2,1H3. The minimum atomic E-state index is -3.78. The lowest BCUT2D eigenvalue weighted by Crippen LogP contribution is -2.40. The number of carbonyl (C=O) groups is 1. The van der Waals surface area contributed by atoms with Crippen molar-refractivity contribution in [3.63, 3.8) is 0 Å². The van der Waals surface area contributed by atoms with Crippen molar-refractivity contribution in [2.24, 2.45) is 5.92 Å². The predicted octanol–water partition coefficient (Wildman–Crippen LogP) is 3.31. The molecule has 0 amide bonds. The molecule has 9 heteroatoms. The van der Waals surface area contributed by atoms with Crippen molar-refractivity contribution in [3.8, 4) is 0 Å². The molecule has 0 saturated carbocycles. The van der Waals surface area contributed by atoms with Crippen molar-refractivity contribution in [1.82, 2.24) is 4.31 Å². The van der Waals surface area contributed by atoms with Gasteiger partial charge in [-0.1, -0.05) is 0 Å². The molecule has 128 valence electrons. The van der Waals surface area contributed by atoms with E-state index in [0.717, 1.165) is 12.1 Å². The second kappa shape index (κ2) is 7.58. The van der Waals surface area contributed by atoms with Crippen molar-refractivity contribution in [3.05, 3.63) is 26.9 Å². The van der Waals surface area contributed by atoms with Gasteiger partial charge in [0.1, 0.15) is 10.7 Å². The molecule has 1 aliphatic heterocycles. The van der Waals surface area contributed by atoms with Crippen molar-refractivity contribution in [2.75, 3.05) is 19.7 Å². The number of benzene rings is 1. The van der Waals surface area contributed by atoms with Crippen molar-refractivity contribution in [2.45, 2.75) is 24.7 Å². The third kappa shape index (κ3) is 4.12. The van der Waals surface area contributed by atoms with E-state index in [1.165, 1.54) is 4.31 Å². The number of rotatable bonds is 4. The van der Waals surface area contributed by atoms with Gasteiger partial charge in [0.05, 0.1) is 12.5 Å². The van der Waals surface area contributed by atoms with E-state index in [1.807, 2.05) is 0 Å². The summed E-state index contributed by atoms with van der Waals surface area (Å²) in [6, 6.07) is 2.23. The van der Waals surface area contributed by atoms with E-state index < -0.39 is 15.8 Å². The molecule has 0 bridgehead atoms. The number of halogens is 3. The highest BCUT2D eigenvalue weighted by Crippen LogP contribution is 2.34. The molecule has 23 heavy (non-hydrogen) atoms. The summed E-state index contributed by atoms with van der Waals surface area (Å²) >= 11 is 6.21. The predicted molar refractivity (Wildman–Crippen MR) is 89.9 cm³/mol. The SMILES string of the molecule is CCOC(=O)C1CCN(S(=O)(=O)c2c(Br)cc(F)cc2Br)CC1. The van der Waals surface area contributed by atoms with Crippen LogP contribution in [0.2, 0.25) is 0 Å².